The van der Waals surface area contributed by atoms with Crippen molar-refractivity contribution in [3.8, 4) is 5.75 Å². The maximum atomic E-state index is 12.0. The van der Waals surface area contributed by atoms with E-state index in [-0.39, 0.29) is 12.0 Å². The number of benzene rings is 1. The molecule has 1 fully saturated rings. The van der Waals surface area contributed by atoms with Crippen molar-refractivity contribution in [2.24, 2.45) is 0 Å². The second-order valence-electron chi connectivity index (χ2n) is 4.99. The molecule has 0 radical (unpaired) electrons. The summed E-state index contributed by atoms with van der Waals surface area (Å²) in [7, 11) is 0. The average molecular weight is 342 g/mol. The van der Waals surface area contributed by atoms with Crippen LogP contribution in [0.5, 0.6) is 5.75 Å². The minimum atomic E-state index is -0.238. The quantitative estimate of drug-likeness (QED) is 0.837. The lowest BCUT2D eigenvalue weighted by atomic mass is 10.1. The van der Waals surface area contributed by atoms with Gasteiger partial charge in [-0.05, 0) is 47.3 Å². The number of carbonyl (C=O) groups excluding carboxylic acids is 1. The highest BCUT2D eigenvalue weighted by Crippen LogP contribution is 2.23. The van der Waals surface area contributed by atoms with Gasteiger partial charge < -0.3 is 14.7 Å². The number of amides is 1. The molecule has 1 amide bonds. The SMILES string of the molecule is O=C(CCCOc1ccccc1Br)N1CCC(O)CC1. The molecule has 0 aromatic heterocycles. The molecule has 1 N–H and O–H groups in total. The third kappa shape index (κ3) is 4.49. The summed E-state index contributed by atoms with van der Waals surface area (Å²) in [6.07, 6.45) is 2.36. The number of para-hydroxylation sites is 1. The summed E-state index contributed by atoms with van der Waals surface area (Å²) < 4.78 is 6.56. The molecule has 1 aromatic rings. The van der Waals surface area contributed by atoms with E-state index >= 15 is 0 Å². The molecule has 1 aromatic carbocycles. The Morgan fingerprint density at radius 1 is 1.35 bits per heavy atom. The van der Waals surface area contributed by atoms with E-state index in [1.54, 1.807) is 0 Å². The van der Waals surface area contributed by atoms with E-state index in [0.29, 0.717) is 45.4 Å². The number of ether oxygens (including phenoxy) is 1. The van der Waals surface area contributed by atoms with Crippen molar-refractivity contribution in [3.05, 3.63) is 28.7 Å². The number of hydrogen-bond acceptors (Lipinski definition) is 3. The lowest BCUT2D eigenvalue weighted by Gasteiger charge is -2.29. The van der Waals surface area contributed by atoms with Gasteiger partial charge in [0.25, 0.3) is 0 Å². The van der Waals surface area contributed by atoms with Crippen LogP contribution in [0, 0.1) is 0 Å². The first-order chi connectivity index (χ1) is 9.66. The summed E-state index contributed by atoms with van der Waals surface area (Å²) in [6, 6.07) is 7.69. The van der Waals surface area contributed by atoms with Gasteiger partial charge in [0, 0.05) is 19.5 Å². The molecule has 1 heterocycles. The normalized spacial score (nSPS) is 16.2. The average Bonchev–Trinajstić information content (AvgIpc) is 2.46. The Balaban J connectivity index is 1.66. The van der Waals surface area contributed by atoms with Crippen molar-refractivity contribution in [1.29, 1.82) is 0 Å². The molecule has 4 nitrogen and oxygen atoms in total. The molecule has 0 saturated carbocycles. The Kier molecular flexibility index (Phi) is 5.86. The van der Waals surface area contributed by atoms with Gasteiger partial charge in [0.15, 0.2) is 0 Å². The van der Waals surface area contributed by atoms with Gasteiger partial charge in [-0.3, -0.25) is 4.79 Å². The van der Waals surface area contributed by atoms with Gasteiger partial charge in [-0.2, -0.15) is 0 Å². The Bertz CT molecular complexity index is 444. The summed E-state index contributed by atoms with van der Waals surface area (Å²) in [5.41, 5.74) is 0. The molecule has 0 aliphatic carbocycles. The van der Waals surface area contributed by atoms with Crippen LogP contribution in [0.15, 0.2) is 28.7 Å². The number of halogens is 1. The number of piperidine rings is 1. The molecule has 20 heavy (non-hydrogen) atoms. The molecule has 0 unspecified atom stereocenters. The minimum absolute atomic E-state index is 0.160. The summed E-state index contributed by atoms with van der Waals surface area (Å²) >= 11 is 3.42. The van der Waals surface area contributed by atoms with Crippen molar-refractivity contribution < 1.29 is 14.6 Å². The van der Waals surface area contributed by atoms with E-state index in [1.165, 1.54) is 0 Å². The first-order valence-electron chi connectivity index (χ1n) is 7.00. The van der Waals surface area contributed by atoms with Gasteiger partial charge in [-0.25, -0.2) is 0 Å². The predicted octanol–water partition coefficient (Wildman–Crippen LogP) is 2.59. The zero-order valence-electron chi connectivity index (χ0n) is 11.4. The van der Waals surface area contributed by atoms with Gasteiger partial charge in [0.1, 0.15) is 5.75 Å². The van der Waals surface area contributed by atoms with Crippen LogP contribution in [0.25, 0.3) is 0 Å². The topological polar surface area (TPSA) is 49.8 Å². The predicted molar refractivity (Wildman–Crippen MR) is 80.7 cm³/mol. The van der Waals surface area contributed by atoms with Crippen LogP contribution in [0.4, 0.5) is 0 Å². The molecule has 0 spiro atoms. The Morgan fingerprint density at radius 2 is 2.05 bits per heavy atom. The zero-order valence-corrected chi connectivity index (χ0v) is 13.0. The molecule has 0 atom stereocenters. The smallest absolute Gasteiger partial charge is 0.222 e. The molecule has 110 valence electrons. The second kappa shape index (κ2) is 7.64. The largest absolute Gasteiger partial charge is 0.492 e. The molecule has 5 heteroatoms. The Morgan fingerprint density at radius 3 is 2.75 bits per heavy atom. The van der Waals surface area contributed by atoms with Crippen molar-refractivity contribution >= 4 is 21.8 Å². The van der Waals surface area contributed by atoms with Gasteiger partial charge in [-0.1, -0.05) is 12.1 Å². The van der Waals surface area contributed by atoms with Gasteiger partial charge in [-0.15, -0.1) is 0 Å². The molecular formula is C15H20BrNO3. The van der Waals surface area contributed by atoms with E-state index in [2.05, 4.69) is 15.9 Å². The van der Waals surface area contributed by atoms with Crippen LogP contribution < -0.4 is 4.74 Å². The van der Waals surface area contributed by atoms with Crippen LogP contribution in [0.3, 0.4) is 0 Å². The van der Waals surface area contributed by atoms with Gasteiger partial charge in [0.05, 0.1) is 17.2 Å². The van der Waals surface area contributed by atoms with Gasteiger partial charge in [0.2, 0.25) is 5.91 Å². The number of carbonyl (C=O) groups is 1. The van der Waals surface area contributed by atoms with Crippen molar-refractivity contribution in [3.63, 3.8) is 0 Å². The third-order valence-electron chi connectivity index (χ3n) is 3.45. The number of aliphatic hydroxyl groups excluding tert-OH is 1. The maximum Gasteiger partial charge on any atom is 0.222 e. The monoisotopic (exact) mass is 341 g/mol. The first-order valence-corrected chi connectivity index (χ1v) is 7.79. The van der Waals surface area contributed by atoms with Crippen LogP contribution in [-0.4, -0.2) is 41.7 Å². The minimum Gasteiger partial charge on any atom is -0.492 e. The fourth-order valence-corrected chi connectivity index (χ4v) is 2.64. The van der Waals surface area contributed by atoms with Gasteiger partial charge >= 0.3 is 0 Å². The van der Waals surface area contributed by atoms with E-state index in [9.17, 15) is 9.90 Å². The number of nitrogens with zero attached hydrogens (tertiary/aromatic N) is 1. The number of hydrogen-bond donors (Lipinski definition) is 1. The number of rotatable bonds is 5. The second-order valence-corrected chi connectivity index (χ2v) is 5.85. The fourth-order valence-electron chi connectivity index (χ4n) is 2.24. The first kappa shape index (κ1) is 15.3. The number of likely N-dealkylation sites (tertiary alicyclic amines) is 1. The lowest BCUT2D eigenvalue weighted by molar-refractivity contribution is -0.133. The van der Waals surface area contributed by atoms with E-state index in [0.717, 1.165) is 10.2 Å². The standard InChI is InChI=1S/C15H20BrNO3/c16-13-4-1-2-5-14(13)20-11-3-6-15(19)17-9-7-12(18)8-10-17/h1-2,4-5,12,18H,3,6-11H2. The van der Waals surface area contributed by atoms with E-state index in [4.69, 9.17) is 4.74 Å². The maximum absolute atomic E-state index is 12.0. The molecule has 1 aliphatic heterocycles. The summed E-state index contributed by atoms with van der Waals surface area (Å²) in [4.78, 5) is 13.8. The van der Waals surface area contributed by atoms with Crippen LogP contribution in [0.1, 0.15) is 25.7 Å². The summed E-state index contributed by atoms with van der Waals surface area (Å²) in [5.74, 6) is 0.966. The van der Waals surface area contributed by atoms with Crippen LogP contribution in [0.2, 0.25) is 0 Å². The van der Waals surface area contributed by atoms with E-state index < -0.39 is 0 Å². The third-order valence-corrected chi connectivity index (χ3v) is 4.10. The Hall–Kier alpha value is -1.07. The van der Waals surface area contributed by atoms with Crippen molar-refractivity contribution in [1.82, 2.24) is 4.90 Å². The lowest BCUT2D eigenvalue weighted by Crippen LogP contribution is -2.40. The Labute approximate surface area is 127 Å². The highest BCUT2D eigenvalue weighted by Gasteiger charge is 2.20. The van der Waals surface area contributed by atoms with Crippen LogP contribution >= 0.6 is 15.9 Å². The molecule has 0 bridgehead atoms. The van der Waals surface area contributed by atoms with Crippen molar-refractivity contribution in [2.45, 2.75) is 31.8 Å². The highest BCUT2D eigenvalue weighted by molar-refractivity contribution is 9.10. The molecule has 1 aliphatic rings. The van der Waals surface area contributed by atoms with Crippen LogP contribution in [-0.2, 0) is 4.79 Å². The summed E-state index contributed by atoms with van der Waals surface area (Å²) in [5, 5.41) is 9.41. The molecule has 2 rings (SSSR count). The van der Waals surface area contributed by atoms with Crippen molar-refractivity contribution in [2.75, 3.05) is 19.7 Å². The highest BCUT2D eigenvalue weighted by atomic mass is 79.9. The zero-order chi connectivity index (χ0) is 14.4. The van der Waals surface area contributed by atoms with E-state index in [1.807, 2.05) is 29.2 Å². The molecule has 1 saturated heterocycles. The number of aliphatic hydroxyl groups is 1. The summed E-state index contributed by atoms with van der Waals surface area (Å²) in [6.45, 7) is 1.88. The molecular weight excluding hydrogens is 322 g/mol. The fraction of sp³-hybridized carbons (Fsp3) is 0.533.